The molecule has 0 bridgehead atoms. The lowest BCUT2D eigenvalue weighted by Gasteiger charge is -2.20. The van der Waals surface area contributed by atoms with Gasteiger partial charge >= 0.3 is 5.97 Å². The largest absolute Gasteiger partial charge is 0.461 e. The highest BCUT2D eigenvalue weighted by Gasteiger charge is 2.28. The highest BCUT2D eigenvalue weighted by molar-refractivity contribution is 7.90. The Hall–Kier alpha value is -2.42. The summed E-state index contributed by atoms with van der Waals surface area (Å²) in [5, 5.41) is 3.98. The molecule has 1 heterocycles. The van der Waals surface area contributed by atoms with E-state index in [0.717, 1.165) is 48.1 Å². The quantitative estimate of drug-likeness (QED) is 0.408. The van der Waals surface area contributed by atoms with Gasteiger partial charge in [0.1, 0.15) is 6.10 Å². The number of sulfone groups is 1. The number of anilines is 1. The molecule has 1 aliphatic carbocycles. The van der Waals surface area contributed by atoms with E-state index in [2.05, 4.69) is 10.3 Å². The second kappa shape index (κ2) is 9.83. The molecule has 1 saturated carbocycles. The van der Waals surface area contributed by atoms with Gasteiger partial charge in [0.15, 0.2) is 21.0 Å². The van der Waals surface area contributed by atoms with E-state index in [0.29, 0.717) is 10.7 Å². The van der Waals surface area contributed by atoms with Gasteiger partial charge < -0.3 is 10.1 Å². The maximum Gasteiger partial charge on any atom is 0.333 e. The van der Waals surface area contributed by atoms with Gasteiger partial charge in [0.2, 0.25) is 0 Å². The Morgan fingerprint density at radius 1 is 1.18 bits per heavy atom. The minimum absolute atomic E-state index is 0.0393. The van der Waals surface area contributed by atoms with Crippen LogP contribution < -0.4 is 5.32 Å². The summed E-state index contributed by atoms with van der Waals surface area (Å²) in [6.45, 7) is 1.85. The lowest BCUT2D eigenvalue weighted by molar-refractivity contribution is -0.149. The Morgan fingerprint density at radius 2 is 1.88 bits per heavy atom. The summed E-state index contributed by atoms with van der Waals surface area (Å²) in [5.41, 5.74) is 2.22. The van der Waals surface area contributed by atoms with Gasteiger partial charge in [-0.1, -0.05) is 59.3 Å². The third-order valence-corrected chi connectivity index (χ3v) is 8.33. The van der Waals surface area contributed by atoms with Crippen molar-refractivity contribution in [1.82, 2.24) is 4.98 Å². The van der Waals surface area contributed by atoms with E-state index in [4.69, 9.17) is 16.3 Å². The number of thiazole rings is 1. The molecule has 4 rings (SSSR count). The van der Waals surface area contributed by atoms with Crippen LogP contribution in [0.2, 0.25) is 5.02 Å². The van der Waals surface area contributed by atoms with Gasteiger partial charge in [-0.05, 0) is 55.9 Å². The van der Waals surface area contributed by atoms with Crippen molar-refractivity contribution in [1.29, 1.82) is 0 Å². The molecular weight excluding hydrogens is 480 g/mol. The summed E-state index contributed by atoms with van der Waals surface area (Å²) in [4.78, 5) is 18.5. The topological polar surface area (TPSA) is 85.4 Å². The van der Waals surface area contributed by atoms with E-state index in [1.165, 1.54) is 11.3 Å². The van der Waals surface area contributed by atoms with Crippen molar-refractivity contribution in [2.45, 2.75) is 49.6 Å². The summed E-state index contributed by atoms with van der Waals surface area (Å²) in [6.07, 6.45) is 5.03. The smallest absolute Gasteiger partial charge is 0.333 e. The molecule has 0 aliphatic heterocycles. The average Bonchev–Trinajstić information content (AvgIpc) is 3.41. The Morgan fingerprint density at radius 3 is 2.55 bits per heavy atom. The predicted molar refractivity (Wildman–Crippen MR) is 132 cm³/mol. The van der Waals surface area contributed by atoms with Gasteiger partial charge in [-0.3, -0.25) is 0 Å². The van der Waals surface area contributed by atoms with E-state index in [1.54, 1.807) is 18.2 Å². The number of nitrogens with one attached hydrogen (secondary N) is 1. The number of halogens is 1. The number of ether oxygens (including phenoxy) is 1. The highest BCUT2D eigenvalue weighted by Crippen LogP contribution is 2.37. The number of hydrogen-bond donors (Lipinski definition) is 1. The van der Waals surface area contributed by atoms with E-state index in [9.17, 15) is 13.2 Å². The second-order valence-corrected chi connectivity index (χ2v) is 11.6. The summed E-state index contributed by atoms with van der Waals surface area (Å²) >= 11 is 7.45. The minimum Gasteiger partial charge on any atom is -0.461 e. The maximum absolute atomic E-state index is 13.1. The molecule has 1 aromatic heterocycles. The molecule has 0 radical (unpaired) electrons. The van der Waals surface area contributed by atoms with E-state index in [-0.39, 0.29) is 22.0 Å². The van der Waals surface area contributed by atoms with Gasteiger partial charge in [-0.2, -0.15) is 0 Å². The molecule has 6 nitrogen and oxygen atoms in total. The fraction of sp³-hybridized carbons (Fsp3) is 0.333. The number of benzene rings is 2. The molecule has 2 aromatic carbocycles. The molecule has 0 saturated heterocycles. The van der Waals surface area contributed by atoms with Crippen LogP contribution in [-0.4, -0.2) is 31.7 Å². The van der Waals surface area contributed by atoms with Crippen LogP contribution in [0.3, 0.4) is 0 Å². The van der Waals surface area contributed by atoms with Crippen LogP contribution in [0.15, 0.2) is 53.4 Å². The summed E-state index contributed by atoms with van der Waals surface area (Å²) < 4.78 is 30.0. The number of hydrogen-bond acceptors (Lipinski definition) is 7. The number of esters is 1. The summed E-state index contributed by atoms with van der Waals surface area (Å²) in [6, 6.07) is 13.6. The van der Waals surface area contributed by atoms with Gasteiger partial charge in [-0.15, -0.1) is 0 Å². The Kier molecular flexibility index (Phi) is 7.07. The Bertz CT molecular complexity index is 1250. The monoisotopic (exact) mass is 504 g/mol. The fourth-order valence-corrected chi connectivity index (χ4v) is 6.23. The van der Waals surface area contributed by atoms with Crippen LogP contribution in [0, 0.1) is 6.92 Å². The highest BCUT2D eigenvalue weighted by atomic mass is 35.5. The van der Waals surface area contributed by atoms with E-state index < -0.39 is 15.9 Å². The molecule has 1 N–H and O–H groups in total. The van der Waals surface area contributed by atoms with Crippen LogP contribution in [0.1, 0.15) is 43.0 Å². The lowest BCUT2D eigenvalue weighted by atomic mass is 10.1. The van der Waals surface area contributed by atoms with Crippen LogP contribution in [0.5, 0.6) is 0 Å². The Balaban J connectivity index is 1.63. The minimum atomic E-state index is -3.47. The first-order chi connectivity index (χ1) is 15.7. The first-order valence-corrected chi connectivity index (χ1v) is 13.8. The van der Waals surface area contributed by atoms with Crippen molar-refractivity contribution < 1.29 is 17.9 Å². The van der Waals surface area contributed by atoms with Crippen molar-refractivity contribution in [3.8, 4) is 10.4 Å². The van der Waals surface area contributed by atoms with Crippen molar-refractivity contribution >= 4 is 43.9 Å². The number of carbonyl (C=O) groups excluding carboxylic acids is 1. The van der Waals surface area contributed by atoms with Crippen molar-refractivity contribution in [2.75, 3.05) is 11.6 Å². The first kappa shape index (κ1) is 23.7. The molecule has 9 heteroatoms. The van der Waals surface area contributed by atoms with Crippen molar-refractivity contribution in [2.24, 2.45) is 0 Å². The van der Waals surface area contributed by atoms with Crippen molar-refractivity contribution in [3.63, 3.8) is 0 Å². The molecule has 1 aliphatic rings. The van der Waals surface area contributed by atoms with Gasteiger partial charge in [0.25, 0.3) is 0 Å². The van der Waals surface area contributed by atoms with Gasteiger partial charge in [-0.25, -0.2) is 18.2 Å². The molecule has 33 heavy (non-hydrogen) atoms. The maximum atomic E-state index is 13.1. The predicted octanol–water partition coefficient (Wildman–Crippen LogP) is 5.81. The number of nitrogens with zero attached hydrogens (tertiary/aromatic N) is 1. The van der Waals surface area contributed by atoms with Crippen molar-refractivity contribution in [3.05, 3.63) is 64.8 Å². The second-order valence-electron chi connectivity index (χ2n) is 8.18. The average molecular weight is 505 g/mol. The molecule has 3 aromatic rings. The molecule has 1 atom stereocenters. The van der Waals surface area contributed by atoms with Crippen LogP contribution in [0.25, 0.3) is 10.4 Å². The zero-order valence-corrected chi connectivity index (χ0v) is 20.8. The normalized spacial score (nSPS) is 15.4. The molecule has 0 amide bonds. The standard InChI is InChI=1S/C24H25ClN2O4S2/c1-15-22(17-12-13-19(25)20(14-17)33(2,29)30)32-24(26-15)27-21(16-8-4-3-5-9-16)23(28)31-18-10-6-7-11-18/h3-5,8-9,12-14,18,21H,6-7,10-11H2,1-2H3,(H,26,27)/t21-/m0/s1. The third kappa shape index (κ3) is 5.57. The third-order valence-electron chi connectivity index (χ3n) is 5.61. The zero-order chi connectivity index (χ0) is 23.6. The SMILES string of the molecule is Cc1nc(N[C@H](C(=O)OC2CCCC2)c2ccccc2)sc1-c1ccc(Cl)c(S(C)(=O)=O)c1. The molecule has 174 valence electrons. The van der Waals surface area contributed by atoms with Gasteiger partial charge in [0, 0.05) is 6.26 Å². The van der Waals surface area contributed by atoms with Crippen LogP contribution >= 0.6 is 22.9 Å². The Labute approximate surface area is 202 Å². The molecular formula is C24H25ClN2O4S2. The van der Waals surface area contributed by atoms with Gasteiger partial charge in [0.05, 0.1) is 20.5 Å². The lowest BCUT2D eigenvalue weighted by Crippen LogP contribution is -2.26. The molecule has 0 unspecified atom stereocenters. The molecule has 1 fully saturated rings. The number of rotatable bonds is 7. The van der Waals surface area contributed by atoms with E-state index in [1.807, 2.05) is 37.3 Å². The zero-order valence-electron chi connectivity index (χ0n) is 18.4. The summed E-state index contributed by atoms with van der Waals surface area (Å²) in [5.74, 6) is -0.326. The number of carbonyl (C=O) groups is 1. The van der Waals surface area contributed by atoms with Crippen LogP contribution in [-0.2, 0) is 19.4 Å². The molecule has 0 spiro atoms. The summed E-state index contributed by atoms with van der Waals surface area (Å²) in [7, 11) is -3.47. The fourth-order valence-electron chi connectivity index (χ4n) is 3.94. The first-order valence-electron chi connectivity index (χ1n) is 10.7. The number of aryl methyl sites for hydroxylation is 1. The number of aromatic nitrogens is 1. The van der Waals surface area contributed by atoms with Crippen LogP contribution in [0.4, 0.5) is 5.13 Å². The van der Waals surface area contributed by atoms with E-state index >= 15 is 0 Å².